The van der Waals surface area contributed by atoms with Crippen LogP contribution in [-0.4, -0.2) is 13.7 Å². The lowest BCUT2D eigenvalue weighted by Gasteiger charge is -2.32. The number of ether oxygens (including phenoxy) is 1. The summed E-state index contributed by atoms with van der Waals surface area (Å²) in [4.78, 5) is 1.37. The summed E-state index contributed by atoms with van der Waals surface area (Å²) in [6.45, 7) is 2.99. The Hall–Kier alpha value is -1.16. The second kappa shape index (κ2) is 5.45. The van der Waals surface area contributed by atoms with E-state index < -0.39 is 0 Å². The lowest BCUT2D eigenvalue weighted by atomic mass is 9.90. The van der Waals surface area contributed by atoms with Crippen molar-refractivity contribution in [1.29, 1.82) is 0 Å². The summed E-state index contributed by atoms with van der Waals surface area (Å²) in [5.41, 5.74) is 4.11. The van der Waals surface area contributed by atoms with Crippen LogP contribution in [0.4, 0.5) is 0 Å². The van der Waals surface area contributed by atoms with Gasteiger partial charge in [-0.05, 0) is 48.5 Å². The van der Waals surface area contributed by atoms with Gasteiger partial charge in [-0.25, -0.2) is 0 Å². The maximum atomic E-state index is 6.08. The van der Waals surface area contributed by atoms with Gasteiger partial charge in [-0.3, -0.25) is 0 Å². The molecule has 2 atom stereocenters. The fraction of sp³-hybridized carbons (Fsp3) is 0.375. The normalized spacial score (nSPS) is 20.0. The van der Waals surface area contributed by atoms with Crippen LogP contribution in [0.3, 0.4) is 0 Å². The van der Waals surface area contributed by atoms with Gasteiger partial charge in [0.25, 0.3) is 0 Å². The number of thiophene rings is 1. The summed E-state index contributed by atoms with van der Waals surface area (Å²) in [7, 11) is 2.02. The molecule has 3 rings (SSSR count). The number of hydrogen-bond acceptors (Lipinski definition) is 3. The first-order valence-corrected chi connectivity index (χ1v) is 7.60. The molecule has 1 aromatic heterocycles. The predicted molar refractivity (Wildman–Crippen MR) is 79.7 cm³/mol. The summed E-state index contributed by atoms with van der Waals surface area (Å²) in [5.74, 6) is 0. The Balaban J connectivity index is 2.00. The van der Waals surface area contributed by atoms with E-state index in [-0.39, 0.29) is 12.1 Å². The van der Waals surface area contributed by atoms with Crippen LogP contribution in [0.2, 0.25) is 0 Å². The second-order valence-corrected chi connectivity index (χ2v) is 6.06. The van der Waals surface area contributed by atoms with E-state index in [2.05, 4.69) is 48.0 Å². The van der Waals surface area contributed by atoms with Gasteiger partial charge in [0.05, 0.1) is 12.6 Å². The van der Waals surface area contributed by atoms with E-state index in [1.807, 2.05) is 7.05 Å². The monoisotopic (exact) mass is 273 g/mol. The molecule has 100 valence electrons. The van der Waals surface area contributed by atoms with Gasteiger partial charge < -0.3 is 10.1 Å². The van der Waals surface area contributed by atoms with Crippen molar-refractivity contribution in [2.45, 2.75) is 25.5 Å². The third-order valence-electron chi connectivity index (χ3n) is 3.88. The van der Waals surface area contributed by atoms with Gasteiger partial charge in [0, 0.05) is 4.88 Å². The van der Waals surface area contributed by atoms with Crippen LogP contribution in [0.5, 0.6) is 0 Å². The minimum Gasteiger partial charge on any atom is -0.371 e. The van der Waals surface area contributed by atoms with E-state index in [1.165, 1.54) is 21.6 Å². The topological polar surface area (TPSA) is 21.3 Å². The molecule has 2 heterocycles. The summed E-state index contributed by atoms with van der Waals surface area (Å²) < 4.78 is 6.08. The number of benzene rings is 1. The van der Waals surface area contributed by atoms with Crippen molar-refractivity contribution in [1.82, 2.24) is 5.32 Å². The molecule has 3 heteroatoms. The minimum atomic E-state index is 0.114. The van der Waals surface area contributed by atoms with Crippen LogP contribution in [-0.2, 0) is 11.2 Å². The largest absolute Gasteiger partial charge is 0.371 e. The number of aryl methyl sites for hydroxylation is 1. The fourth-order valence-corrected chi connectivity index (χ4v) is 3.64. The molecule has 2 unspecified atom stereocenters. The molecule has 2 nitrogen and oxygen atoms in total. The van der Waals surface area contributed by atoms with Crippen LogP contribution in [0, 0.1) is 6.92 Å². The molecule has 0 saturated carbocycles. The van der Waals surface area contributed by atoms with Crippen LogP contribution in [0.25, 0.3) is 0 Å². The first kappa shape index (κ1) is 12.9. The third-order valence-corrected chi connectivity index (χ3v) is 4.74. The van der Waals surface area contributed by atoms with Crippen molar-refractivity contribution in [3.05, 3.63) is 57.3 Å². The number of fused-ring (bicyclic) bond motifs is 1. The highest BCUT2D eigenvalue weighted by molar-refractivity contribution is 7.10. The van der Waals surface area contributed by atoms with Crippen LogP contribution >= 0.6 is 11.3 Å². The molecule has 1 aliphatic rings. The standard InChI is InChI=1S/C16H19NOS/c1-11-13(8-10-19-11)15(17-2)16-14-6-4-3-5-12(14)7-9-18-16/h3-6,8,10,15-17H,7,9H2,1-2H3. The summed E-state index contributed by atoms with van der Waals surface area (Å²) in [5, 5.41) is 5.59. The maximum Gasteiger partial charge on any atom is 0.102 e. The zero-order valence-corrected chi connectivity index (χ0v) is 12.2. The molecule has 2 aromatic rings. The SMILES string of the molecule is CNC(c1ccsc1C)C1OCCc2ccccc21. The van der Waals surface area contributed by atoms with Crippen molar-refractivity contribution < 1.29 is 4.74 Å². The Labute approximate surface area is 118 Å². The lowest BCUT2D eigenvalue weighted by molar-refractivity contribution is 0.0165. The van der Waals surface area contributed by atoms with E-state index in [1.54, 1.807) is 11.3 Å². The van der Waals surface area contributed by atoms with Gasteiger partial charge in [0.2, 0.25) is 0 Å². The number of likely N-dealkylation sites (N-methyl/N-ethyl adjacent to an activating group) is 1. The molecule has 0 fully saturated rings. The summed E-state index contributed by atoms with van der Waals surface area (Å²) >= 11 is 1.80. The van der Waals surface area contributed by atoms with E-state index in [4.69, 9.17) is 4.74 Å². The molecule has 0 bridgehead atoms. The Kier molecular flexibility index (Phi) is 3.69. The first-order chi connectivity index (χ1) is 9.31. The average molecular weight is 273 g/mol. The number of rotatable bonds is 3. The van der Waals surface area contributed by atoms with Crippen molar-refractivity contribution >= 4 is 11.3 Å². The van der Waals surface area contributed by atoms with Gasteiger partial charge >= 0.3 is 0 Å². The molecule has 1 N–H and O–H groups in total. The zero-order chi connectivity index (χ0) is 13.2. The van der Waals surface area contributed by atoms with Gasteiger partial charge in [-0.1, -0.05) is 24.3 Å². The molecular formula is C16H19NOS. The molecule has 0 spiro atoms. The van der Waals surface area contributed by atoms with E-state index in [0.717, 1.165) is 13.0 Å². The molecule has 19 heavy (non-hydrogen) atoms. The van der Waals surface area contributed by atoms with Crippen molar-refractivity contribution in [2.75, 3.05) is 13.7 Å². The third kappa shape index (κ3) is 2.34. The van der Waals surface area contributed by atoms with Gasteiger partial charge in [0.15, 0.2) is 0 Å². The van der Waals surface area contributed by atoms with Gasteiger partial charge in [0.1, 0.15) is 6.10 Å². The Morgan fingerprint density at radius 2 is 2.16 bits per heavy atom. The Bertz CT molecular complexity index is 563. The molecule has 1 aromatic carbocycles. The molecular weight excluding hydrogens is 254 g/mol. The quantitative estimate of drug-likeness (QED) is 0.922. The highest BCUT2D eigenvalue weighted by atomic mass is 32.1. The number of nitrogens with one attached hydrogen (secondary N) is 1. The van der Waals surface area contributed by atoms with Crippen LogP contribution in [0.15, 0.2) is 35.7 Å². The smallest absolute Gasteiger partial charge is 0.102 e. The number of hydrogen-bond donors (Lipinski definition) is 1. The van der Waals surface area contributed by atoms with E-state index in [9.17, 15) is 0 Å². The van der Waals surface area contributed by atoms with Crippen molar-refractivity contribution in [3.8, 4) is 0 Å². The Morgan fingerprint density at radius 1 is 1.32 bits per heavy atom. The van der Waals surface area contributed by atoms with Gasteiger partial charge in [-0.15, -0.1) is 11.3 Å². The van der Waals surface area contributed by atoms with Crippen LogP contribution in [0.1, 0.15) is 33.7 Å². The fourth-order valence-electron chi connectivity index (χ4n) is 2.89. The highest BCUT2D eigenvalue weighted by Gasteiger charge is 2.29. The highest BCUT2D eigenvalue weighted by Crippen LogP contribution is 2.38. The lowest BCUT2D eigenvalue weighted by Crippen LogP contribution is -2.29. The molecule has 0 radical (unpaired) electrons. The van der Waals surface area contributed by atoms with Crippen molar-refractivity contribution in [2.24, 2.45) is 0 Å². The van der Waals surface area contributed by atoms with Crippen LogP contribution < -0.4 is 5.32 Å². The molecule has 0 aliphatic carbocycles. The minimum absolute atomic E-state index is 0.114. The summed E-state index contributed by atoms with van der Waals surface area (Å²) in [6, 6.07) is 11.1. The van der Waals surface area contributed by atoms with E-state index in [0.29, 0.717) is 0 Å². The maximum absolute atomic E-state index is 6.08. The van der Waals surface area contributed by atoms with Crippen molar-refractivity contribution in [3.63, 3.8) is 0 Å². The molecule has 1 aliphatic heterocycles. The first-order valence-electron chi connectivity index (χ1n) is 6.72. The second-order valence-electron chi connectivity index (χ2n) is 4.94. The van der Waals surface area contributed by atoms with E-state index >= 15 is 0 Å². The molecule has 0 amide bonds. The average Bonchev–Trinajstić information content (AvgIpc) is 2.86. The Morgan fingerprint density at radius 3 is 2.89 bits per heavy atom. The summed E-state index contributed by atoms with van der Waals surface area (Å²) in [6.07, 6.45) is 1.13. The predicted octanol–water partition coefficient (Wildman–Crippen LogP) is 3.63. The zero-order valence-electron chi connectivity index (χ0n) is 11.3. The molecule has 0 saturated heterocycles. The van der Waals surface area contributed by atoms with Gasteiger partial charge in [-0.2, -0.15) is 0 Å².